The lowest BCUT2D eigenvalue weighted by atomic mass is 10.2. The van der Waals surface area contributed by atoms with Crippen LogP contribution in [0.25, 0.3) is 0 Å². The van der Waals surface area contributed by atoms with Gasteiger partial charge in [0.2, 0.25) is 5.91 Å². The number of H-pyrrole nitrogens is 1. The number of nitrogens with zero attached hydrogens (tertiary/aromatic N) is 2. The molecule has 0 unspecified atom stereocenters. The lowest BCUT2D eigenvalue weighted by Crippen LogP contribution is -2.42. The molecule has 1 amide bonds. The Morgan fingerprint density at radius 2 is 1.97 bits per heavy atom. The summed E-state index contributed by atoms with van der Waals surface area (Å²) >= 11 is 8.86. The van der Waals surface area contributed by atoms with Crippen LogP contribution in [0.15, 0.2) is 52.1 Å². The summed E-state index contributed by atoms with van der Waals surface area (Å²) in [5.41, 5.74) is 5.85. The molecule has 164 valence electrons. The number of aromatic nitrogens is 2. The summed E-state index contributed by atoms with van der Waals surface area (Å²) in [5.74, 6) is 0.556. The average molecular weight is 479 g/mol. The highest BCUT2D eigenvalue weighted by Crippen LogP contribution is 2.26. The first-order chi connectivity index (χ1) is 14.9. The van der Waals surface area contributed by atoms with E-state index < -0.39 is 11.2 Å². The number of halogens is 1. The second-order valence-corrected chi connectivity index (χ2v) is 9.59. The summed E-state index contributed by atoms with van der Waals surface area (Å²) in [6.45, 7) is 2.42. The zero-order valence-electron chi connectivity index (χ0n) is 17.0. The summed E-state index contributed by atoms with van der Waals surface area (Å²) < 4.78 is 1.98. The third-order valence-electron chi connectivity index (χ3n) is 4.51. The van der Waals surface area contributed by atoms with Gasteiger partial charge >= 0.3 is 5.69 Å². The Balaban J connectivity index is 1.85. The van der Waals surface area contributed by atoms with Crippen molar-refractivity contribution in [2.45, 2.75) is 25.6 Å². The van der Waals surface area contributed by atoms with E-state index in [0.29, 0.717) is 23.1 Å². The molecule has 0 aliphatic carbocycles. The number of nitrogens with one attached hydrogen (secondary N) is 1. The second kappa shape index (κ2) is 10.7. The van der Waals surface area contributed by atoms with Crippen molar-refractivity contribution in [1.82, 2.24) is 9.55 Å². The largest absolute Gasteiger partial charge is 0.383 e. The van der Waals surface area contributed by atoms with Gasteiger partial charge in [-0.3, -0.25) is 19.1 Å². The number of thioether (sulfide) groups is 1. The average Bonchev–Trinajstić information content (AvgIpc) is 3.16. The predicted molar refractivity (Wildman–Crippen MR) is 129 cm³/mol. The van der Waals surface area contributed by atoms with Crippen molar-refractivity contribution in [1.29, 1.82) is 0 Å². The van der Waals surface area contributed by atoms with Crippen molar-refractivity contribution < 1.29 is 4.79 Å². The van der Waals surface area contributed by atoms with Crippen LogP contribution >= 0.6 is 34.7 Å². The number of rotatable bonds is 9. The molecule has 0 radical (unpaired) electrons. The van der Waals surface area contributed by atoms with E-state index in [1.54, 1.807) is 0 Å². The lowest BCUT2D eigenvalue weighted by molar-refractivity contribution is -0.116. The Bertz CT molecular complexity index is 1160. The van der Waals surface area contributed by atoms with Gasteiger partial charge in [-0.15, -0.1) is 23.1 Å². The first-order valence-electron chi connectivity index (χ1n) is 9.69. The van der Waals surface area contributed by atoms with E-state index in [-0.39, 0.29) is 29.7 Å². The first kappa shape index (κ1) is 23.2. The van der Waals surface area contributed by atoms with Crippen LogP contribution in [0.2, 0.25) is 4.34 Å². The number of nitrogens with two attached hydrogens (primary N) is 1. The van der Waals surface area contributed by atoms with Crippen LogP contribution in [0.1, 0.15) is 23.8 Å². The number of carbonyl (C=O) groups is 1. The minimum absolute atomic E-state index is 0.0159. The van der Waals surface area contributed by atoms with Crippen LogP contribution in [0.3, 0.4) is 0 Å². The normalized spacial score (nSPS) is 10.9. The van der Waals surface area contributed by atoms with E-state index in [4.69, 9.17) is 17.3 Å². The van der Waals surface area contributed by atoms with Crippen molar-refractivity contribution >= 4 is 52.1 Å². The van der Waals surface area contributed by atoms with Gasteiger partial charge < -0.3 is 10.6 Å². The van der Waals surface area contributed by atoms with Gasteiger partial charge in [0.25, 0.3) is 5.56 Å². The number of amides is 1. The van der Waals surface area contributed by atoms with Crippen LogP contribution in [-0.4, -0.2) is 27.8 Å². The molecule has 0 aliphatic heterocycles. The van der Waals surface area contributed by atoms with E-state index >= 15 is 0 Å². The molecule has 1 aromatic carbocycles. The highest BCUT2D eigenvalue weighted by Gasteiger charge is 2.23. The zero-order chi connectivity index (χ0) is 22.4. The molecule has 0 saturated heterocycles. The van der Waals surface area contributed by atoms with Crippen LogP contribution in [0.5, 0.6) is 0 Å². The molecule has 0 saturated carbocycles. The standard InChI is InChI=1S/C21H23ClN4O3S2/c1-2-10-25(17(27)13-30-12-15-8-9-16(22)31-15)18-19(23)26(21(29)24-20(18)28)11-14-6-4-3-5-7-14/h3-9H,2,10-13,23H2,1H3,(H,24,28,29). The van der Waals surface area contributed by atoms with Crippen LogP contribution in [0, 0.1) is 0 Å². The molecule has 3 N–H and O–H groups in total. The van der Waals surface area contributed by atoms with Gasteiger partial charge in [-0.2, -0.15) is 0 Å². The summed E-state index contributed by atoms with van der Waals surface area (Å²) in [6.07, 6.45) is 0.633. The molecule has 31 heavy (non-hydrogen) atoms. The fourth-order valence-electron chi connectivity index (χ4n) is 3.09. The Kier molecular flexibility index (Phi) is 8.00. The molecular weight excluding hydrogens is 456 g/mol. The second-order valence-electron chi connectivity index (χ2n) is 6.81. The highest BCUT2D eigenvalue weighted by molar-refractivity contribution is 7.99. The molecule has 0 fully saturated rings. The van der Waals surface area contributed by atoms with Gasteiger partial charge in [-0.25, -0.2) is 4.79 Å². The number of hydrogen-bond donors (Lipinski definition) is 2. The number of anilines is 2. The van der Waals surface area contributed by atoms with Gasteiger partial charge in [-0.05, 0) is 24.1 Å². The maximum Gasteiger partial charge on any atom is 0.330 e. The Morgan fingerprint density at radius 3 is 2.61 bits per heavy atom. The Morgan fingerprint density at radius 1 is 1.23 bits per heavy atom. The Hall–Kier alpha value is -2.49. The predicted octanol–water partition coefficient (Wildman–Crippen LogP) is 3.56. The lowest BCUT2D eigenvalue weighted by Gasteiger charge is -2.24. The van der Waals surface area contributed by atoms with Crippen LogP contribution < -0.4 is 21.9 Å². The first-order valence-corrected chi connectivity index (χ1v) is 12.0. The van der Waals surface area contributed by atoms with Crippen molar-refractivity contribution in [3.63, 3.8) is 0 Å². The number of carbonyl (C=O) groups excluding carboxylic acids is 1. The van der Waals surface area contributed by atoms with Crippen molar-refractivity contribution in [3.8, 4) is 0 Å². The molecular formula is C21H23ClN4O3S2. The van der Waals surface area contributed by atoms with Crippen molar-refractivity contribution in [2.24, 2.45) is 0 Å². The van der Waals surface area contributed by atoms with E-state index in [1.165, 1.54) is 32.6 Å². The zero-order valence-corrected chi connectivity index (χ0v) is 19.4. The maximum atomic E-state index is 13.0. The van der Waals surface area contributed by atoms with E-state index in [1.807, 2.05) is 49.4 Å². The van der Waals surface area contributed by atoms with Crippen molar-refractivity contribution in [3.05, 3.63) is 78.1 Å². The molecule has 2 heterocycles. The van der Waals surface area contributed by atoms with E-state index in [9.17, 15) is 14.4 Å². The summed E-state index contributed by atoms with van der Waals surface area (Å²) in [4.78, 5) is 42.8. The molecule has 0 aliphatic rings. The van der Waals surface area contributed by atoms with Crippen LogP contribution in [0.4, 0.5) is 11.5 Å². The summed E-state index contributed by atoms with van der Waals surface area (Å²) in [6, 6.07) is 13.1. The summed E-state index contributed by atoms with van der Waals surface area (Å²) in [5, 5.41) is 0. The smallest absolute Gasteiger partial charge is 0.330 e. The molecule has 10 heteroatoms. The highest BCUT2D eigenvalue weighted by atomic mass is 35.5. The molecule has 0 atom stereocenters. The third-order valence-corrected chi connectivity index (χ3v) is 6.89. The number of hydrogen-bond acceptors (Lipinski definition) is 6. The van der Waals surface area contributed by atoms with Gasteiger partial charge in [0.05, 0.1) is 16.6 Å². The number of thiophene rings is 1. The van der Waals surface area contributed by atoms with Gasteiger partial charge in [0, 0.05) is 17.2 Å². The fraction of sp³-hybridized carbons (Fsp3) is 0.286. The molecule has 7 nitrogen and oxygen atoms in total. The van der Waals surface area contributed by atoms with Gasteiger partial charge in [-0.1, -0.05) is 48.9 Å². The maximum absolute atomic E-state index is 13.0. The molecule has 0 spiro atoms. The third kappa shape index (κ3) is 5.81. The molecule has 3 rings (SSSR count). The number of benzene rings is 1. The van der Waals surface area contributed by atoms with E-state index in [2.05, 4.69) is 4.98 Å². The quantitative estimate of drug-likeness (QED) is 0.489. The van der Waals surface area contributed by atoms with Crippen molar-refractivity contribution in [2.75, 3.05) is 22.9 Å². The summed E-state index contributed by atoms with van der Waals surface area (Å²) in [7, 11) is 0. The minimum atomic E-state index is -0.663. The minimum Gasteiger partial charge on any atom is -0.383 e. The monoisotopic (exact) mass is 478 g/mol. The molecule has 3 aromatic rings. The topological polar surface area (TPSA) is 101 Å². The fourth-order valence-corrected chi connectivity index (χ4v) is 5.19. The van der Waals surface area contributed by atoms with Gasteiger partial charge in [0.15, 0.2) is 5.69 Å². The van der Waals surface area contributed by atoms with Gasteiger partial charge in [0.1, 0.15) is 5.82 Å². The Labute approximate surface area is 192 Å². The number of aromatic amines is 1. The van der Waals surface area contributed by atoms with Crippen LogP contribution in [-0.2, 0) is 17.1 Å². The van der Waals surface area contributed by atoms with E-state index in [0.717, 1.165) is 10.4 Å². The number of nitrogen functional groups attached to an aromatic ring is 1. The SMILES string of the molecule is CCCN(C(=O)CSCc1ccc(Cl)s1)c1c(N)n(Cc2ccccc2)c(=O)[nH]c1=O. The molecule has 2 aromatic heterocycles. The molecule has 0 bridgehead atoms.